The first kappa shape index (κ1) is 5.82. The van der Waals surface area contributed by atoms with Gasteiger partial charge in [-0.15, -0.1) is 16.9 Å². The van der Waals surface area contributed by atoms with Crippen LogP contribution in [0.15, 0.2) is 0 Å². The highest BCUT2D eigenvalue weighted by molar-refractivity contribution is 6.50. The van der Waals surface area contributed by atoms with E-state index < -0.39 is 0 Å². The summed E-state index contributed by atoms with van der Waals surface area (Å²) in [6.45, 7) is 2.16. The van der Waals surface area contributed by atoms with Crippen molar-refractivity contribution >= 4 is 26.8 Å². The molecule has 0 saturated heterocycles. The minimum absolute atomic E-state index is 0.580. The maximum atomic E-state index is 5.34. The standard InChI is InChI=1S/C2H5.CH2Cl.Al/c2*1-2;/h1H2,2H3;1H2;. The molecule has 0 aromatic carbocycles. The Morgan fingerprint density at radius 2 is 2.40 bits per heavy atom. The average Bonchev–Trinajstić information content (AvgIpc) is 1.41. The van der Waals surface area contributed by atoms with Gasteiger partial charge in [-0.25, -0.2) is 0 Å². The SMILES string of the molecule is C[CH2][Al][CH2]Cl. The molecule has 0 spiro atoms. The topological polar surface area (TPSA) is 0 Å². The van der Waals surface area contributed by atoms with Crippen LogP contribution >= 0.6 is 11.6 Å². The average molecular weight is 106 g/mol. The molecule has 0 aromatic rings. The molecule has 0 N–H and O–H groups in total. The zero-order chi connectivity index (χ0) is 4.12. The molecular formula is C3H7AlCl. The summed E-state index contributed by atoms with van der Waals surface area (Å²) < 4.78 is 0.899. The first-order chi connectivity index (χ1) is 2.41. The molecule has 0 bridgehead atoms. The van der Waals surface area contributed by atoms with Gasteiger partial charge >= 0.3 is 0 Å². The molecule has 0 atom stereocenters. The van der Waals surface area contributed by atoms with Crippen LogP contribution in [0, 0.1) is 0 Å². The van der Waals surface area contributed by atoms with Crippen LogP contribution in [0.25, 0.3) is 0 Å². The summed E-state index contributed by atoms with van der Waals surface area (Å²) in [5.41, 5.74) is 0. The van der Waals surface area contributed by atoms with Crippen molar-refractivity contribution < 1.29 is 0 Å². The van der Waals surface area contributed by atoms with Crippen molar-refractivity contribution in [2.45, 2.75) is 12.2 Å². The van der Waals surface area contributed by atoms with Gasteiger partial charge in [0.2, 0.25) is 15.2 Å². The number of hydrogen-bond acceptors (Lipinski definition) is 0. The Kier molecular flexibility index (Phi) is 5.62. The highest BCUT2D eigenvalue weighted by atomic mass is 35.5. The largest absolute Gasteiger partial charge is 0.224 e. The molecule has 29 valence electrons. The molecule has 0 aliphatic carbocycles. The smallest absolute Gasteiger partial charge is 0.144 e. The number of halogens is 1. The third-order valence-corrected chi connectivity index (χ3v) is 1.85. The molecule has 0 rings (SSSR count). The lowest BCUT2D eigenvalue weighted by Crippen LogP contribution is -1.84. The minimum Gasteiger partial charge on any atom is -0.144 e. The van der Waals surface area contributed by atoms with E-state index in [-0.39, 0.29) is 0 Å². The lowest BCUT2D eigenvalue weighted by Gasteiger charge is -1.72. The highest BCUT2D eigenvalue weighted by Crippen LogP contribution is 1.74. The van der Waals surface area contributed by atoms with E-state index in [0.717, 1.165) is 4.74 Å². The summed E-state index contributed by atoms with van der Waals surface area (Å²) >= 11 is 5.92. The van der Waals surface area contributed by atoms with Gasteiger partial charge in [0, 0.05) is 0 Å². The monoisotopic (exact) mass is 105 g/mol. The molecule has 0 unspecified atom stereocenters. The summed E-state index contributed by atoms with van der Waals surface area (Å²) in [7, 11) is 0. The van der Waals surface area contributed by atoms with Crippen LogP contribution in [0.4, 0.5) is 0 Å². The van der Waals surface area contributed by atoms with Crippen molar-refractivity contribution in [2.24, 2.45) is 0 Å². The van der Waals surface area contributed by atoms with E-state index >= 15 is 0 Å². The van der Waals surface area contributed by atoms with Crippen molar-refractivity contribution in [1.82, 2.24) is 0 Å². The molecule has 1 radical (unpaired) electrons. The lowest BCUT2D eigenvalue weighted by atomic mass is 11.0. The van der Waals surface area contributed by atoms with Gasteiger partial charge in [-0.3, -0.25) is 0 Å². The summed E-state index contributed by atoms with van der Waals surface area (Å²) in [5, 5.41) is 1.30. The van der Waals surface area contributed by atoms with Crippen LogP contribution < -0.4 is 0 Å². The van der Waals surface area contributed by atoms with Gasteiger partial charge < -0.3 is 0 Å². The second kappa shape index (κ2) is 4.82. The predicted molar refractivity (Wildman–Crippen MR) is 27.0 cm³/mol. The predicted octanol–water partition coefficient (Wildman–Crippen LogP) is 1.33. The van der Waals surface area contributed by atoms with Gasteiger partial charge in [0.15, 0.2) is 0 Å². The normalized spacial score (nSPS) is 7.60. The van der Waals surface area contributed by atoms with Crippen LogP contribution in [0.3, 0.4) is 0 Å². The fourth-order valence-corrected chi connectivity index (χ4v) is 0.982. The van der Waals surface area contributed by atoms with E-state index in [1.54, 1.807) is 0 Å². The maximum absolute atomic E-state index is 5.34. The van der Waals surface area contributed by atoms with Gasteiger partial charge in [0.1, 0.15) is 0 Å². The Bertz CT molecular complexity index is 14.4. The van der Waals surface area contributed by atoms with E-state index in [2.05, 4.69) is 6.92 Å². The molecular weight excluding hydrogens is 98.5 g/mol. The number of rotatable bonds is 2. The van der Waals surface area contributed by atoms with Crippen molar-refractivity contribution in [2.75, 3.05) is 4.74 Å². The second-order valence-corrected chi connectivity index (χ2v) is 3.48. The highest BCUT2D eigenvalue weighted by Gasteiger charge is 1.77. The summed E-state index contributed by atoms with van der Waals surface area (Å²) in [6.07, 6.45) is 0. The van der Waals surface area contributed by atoms with Crippen LogP contribution in [0.1, 0.15) is 6.92 Å². The molecule has 5 heavy (non-hydrogen) atoms. The van der Waals surface area contributed by atoms with Crippen molar-refractivity contribution in [1.29, 1.82) is 0 Å². The van der Waals surface area contributed by atoms with Gasteiger partial charge in [-0.2, -0.15) is 0 Å². The van der Waals surface area contributed by atoms with E-state index in [4.69, 9.17) is 11.6 Å². The van der Waals surface area contributed by atoms with E-state index in [1.807, 2.05) is 0 Å². The first-order valence-electron chi connectivity index (χ1n) is 1.79. The zero-order valence-electron chi connectivity index (χ0n) is 3.37. The van der Waals surface area contributed by atoms with E-state index in [9.17, 15) is 0 Å². The zero-order valence-corrected chi connectivity index (χ0v) is 5.28. The van der Waals surface area contributed by atoms with E-state index in [0.29, 0.717) is 15.2 Å². The first-order valence-corrected chi connectivity index (χ1v) is 3.96. The fraction of sp³-hybridized carbons (Fsp3) is 1.00. The Morgan fingerprint density at radius 1 is 1.80 bits per heavy atom. The number of hydrogen-bond donors (Lipinski definition) is 0. The Balaban J connectivity index is 2.19. The molecule has 2 heteroatoms. The van der Waals surface area contributed by atoms with Gasteiger partial charge in [0.05, 0.1) is 0 Å². The summed E-state index contributed by atoms with van der Waals surface area (Å²) in [6, 6.07) is 0. The molecule has 0 fully saturated rings. The van der Waals surface area contributed by atoms with Crippen molar-refractivity contribution in [3.05, 3.63) is 0 Å². The van der Waals surface area contributed by atoms with E-state index in [1.165, 1.54) is 5.28 Å². The van der Waals surface area contributed by atoms with Crippen LogP contribution in [-0.4, -0.2) is 20.0 Å². The lowest BCUT2D eigenvalue weighted by molar-refractivity contribution is 1.45. The quantitative estimate of drug-likeness (QED) is 0.367. The van der Waals surface area contributed by atoms with Crippen LogP contribution in [0.5, 0.6) is 0 Å². The summed E-state index contributed by atoms with van der Waals surface area (Å²) in [4.78, 5) is 0. The van der Waals surface area contributed by atoms with Crippen molar-refractivity contribution in [3.63, 3.8) is 0 Å². The molecule has 0 saturated carbocycles. The Morgan fingerprint density at radius 3 is 2.40 bits per heavy atom. The molecule has 0 heterocycles. The maximum Gasteiger partial charge on any atom is 0.224 e. The molecule has 0 amide bonds. The Labute approximate surface area is 44.2 Å². The van der Waals surface area contributed by atoms with Crippen LogP contribution in [0.2, 0.25) is 5.28 Å². The molecule has 0 nitrogen and oxygen atoms in total. The van der Waals surface area contributed by atoms with Gasteiger partial charge in [0.25, 0.3) is 0 Å². The third kappa shape index (κ3) is 4.82. The third-order valence-electron chi connectivity index (χ3n) is 0.398. The number of alkyl halides is 1. The fourth-order valence-electron chi connectivity index (χ4n) is 0.109. The van der Waals surface area contributed by atoms with Gasteiger partial charge in [-0.1, -0.05) is 6.92 Å². The Hall–Kier alpha value is 0.822. The minimum atomic E-state index is 0.580. The van der Waals surface area contributed by atoms with Gasteiger partial charge in [-0.05, 0) is 4.74 Å². The van der Waals surface area contributed by atoms with Crippen molar-refractivity contribution in [3.8, 4) is 0 Å². The molecule has 0 aliphatic heterocycles. The second-order valence-electron chi connectivity index (χ2n) is 0.851. The summed E-state index contributed by atoms with van der Waals surface area (Å²) in [5.74, 6) is 0. The van der Waals surface area contributed by atoms with Crippen LogP contribution in [-0.2, 0) is 0 Å². The molecule has 0 aromatic heterocycles. The molecule has 0 aliphatic rings.